The van der Waals surface area contributed by atoms with Crippen molar-refractivity contribution in [2.24, 2.45) is 0 Å². The van der Waals surface area contributed by atoms with Crippen molar-refractivity contribution in [3.8, 4) is 0 Å². The number of rotatable bonds is 0. The van der Waals surface area contributed by atoms with Gasteiger partial charge in [0.1, 0.15) is 0 Å². The van der Waals surface area contributed by atoms with Crippen LogP contribution in [-0.4, -0.2) is 0 Å². The third-order valence-electron chi connectivity index (χ3n) is 2.74. The van der Waals surface area contributed by atoms with Gasteiger partial charge in [-0.15, -0.1) is 0 Å². The monoisotopic (exact) mass is 278 g/mol. The largest absolute Gasteiger partial charge is 0.0836 e. The summed E-state index contributed by atoms with van der Waals surface area (Å²) in [7, 11) is 0. The van der Waals surface area contributed by atoms with Gasteiger partial charge in [-0.2, -0.15) is 0 Å². The molecule has 0 amide bonds. The molecule has 3 aromatic carbocycles. The first kappa shape index (κ1) is 11.2. The number of hydrogen-bond donors (Lipinski definition) is 0. The Balaban J connectivity index is 2.72. The molecule has 0 aliphatic heterocycles. The van der Waals surface area contributed by atoms with Crippen molar-refractivity contribution in [3.05, 3.63) is 57.5 Å². The van der Waals surface area contributed by atoms with Crippen molar-refractivity contribution in [1.82, 2.24) is 0 Å². The van der Waals surface area contributed by atoms with Crippen molar-refractivity contribution in [3.63, 3.8) is 0 Å². The molecule has 0 aliphatic carbocycles. The molecule has 0 fully saturated rings. The van der Waals surface area contributed by atoms with E-state index >= 15 is 0 Å². The van der Waals surface area contributed by atoms with Crippen LogP contribution < -0.4 is 0 Å². The van der Waals surface area contributed by atoms with Crippen molar-refractivity contribution < 1.29 is 0 Å². The zero-order valence-corrected chi connectivity index (χ0v) is 10.8. The van der Waals surface area contributed by atoms with Crippen molar-refractivity contribution in [2.45, 2.75) is 0 Å². The van der Waals surface area contributed by atoms with Crippen LogP contribution in [0.3, 0.4) is 0 Å². The lowest BCUT2D eigenvalue weighted by Gasteiger charge is -2.09. The maximum atomic E-state index is 6.25. The van der Waals surface area contributed by atoms with Crippen molar-refractivity contribution >= 4 is 56.3 Å². The van der Waals surface area contributed by atoms with Crippen molar-refractivity contribution in [2.75, 3.05) is 0 Å². The van der Waals surface area contributed by atoms with E-state index in [4.69, 9.17) is 34.8 Å². The van der Waals surface area contributed by atoms with E-state index in [9.17, 15) is 0 Å². The Hall–Kier alpha value is -0.950. The molecule has 0 atom stereocenters. The summed E-state index contributed by atoms with van der Waals surface area (Å²) < 4.78 is 0. The van der Waals surface area contributed by atoms with E-state index in [1.54, 1.807) is 12.1 Å². The summed E-state index contributed by atoms with van der Waals surface area (Å²) in [5.74, 6) is 0. The molecule has 3 rings (SSSR count). The lowest BCUT2D eigenvalue weighted by atomic mass is 10.0. The molecule has 2 radical (unpaired) electrons. The standard InChI is InChI=1S/C14H5Cl3/c15-11-7-3-6-10-12(11)8-4-1-2-5-9(8)13(16)14(10)17/h1,4-7H. The molecule has 0 bridgehead atoms. The summed E-state index contributed by atoms with van der Waals surface area (Å²) in [5.41, 5.74) is 0. The Morgan fingerprint density at radius 1 is 0.765 bits per heavy atom. The Morgan fingerprint density at radius 3 is 2.29 bits per heavy atom. The predicted molar refractivity (Wildman–Crippen MR) is 74.2 cm³/mol. The minimum atomic E-state index is 0.507. The topological polar surface area (TPSA) is 0 Å². The maximum absolute atomic E-state index is 6.25. The maximum Gasteiger partial charge on any atom is 0.0677 e. The molecule has 0 unspecified atom stereocenters. The smallest absolute Gasteiger partial charge is 0.0677 e. The van der Waals surface area contributed by atoms with Gasteiger partial charge < -0.3 is 0 Å². The highest BCUT2D eigenvalue weighted by molar-refractivity contribution is 6.50. The molecule has 0 spiro atoms. The van der Waals surface area contributed by atoms with E-state index in [1.165, 1.54) is 0 Å². The average Bonchev–Trinajstić information content (AvgIpc) is 2.36. The van der Waals surface area contributed by atoms with Crippen LogP contribution in [0.15, 0.2) is 30.3 Å². The highest BCUT2D eigenvalue weighted by Gasteiger charge is 2.12. The van der Waals surface area contributed by atoms with Crippen LogP contribution in [-0.2, 0) is 0 Å². The lowest BCUT2D eigenvalue weighted by molar-refractivity contribution is 1.74. The van der Waals surface area contributed by atoms with Gasteiger partial charge in [0.2, 0.25) is 0 Å². The summed E-state index contributed by atoms with van der Waals surface area (Å²) in [5, 5.41) is 5.23. The molecule has 0 saturated heterocycles. The number of benzene rings is 3. The summed E-state index contributed by atoms with van der Waals surface area (Å²) in [6.45, 7) is 0. The zero-order valence-electron chi connectivity index (χ0n) is 8.52. The zero-order chi connectivity index (χ0) is 12.0. The van der Waals surface area contributed by atoms with E-state index in [0.717, 1.165) is 21.5 Å². The number of hydrogen-bond acceptors (Lipinski definition) is 0. The van der Waals surface area contributed by atoms with Gasteiger partial charge >= 0.3 is 0 Å². The number of halogens is 3. The molecule has 0 nitrogen and oxygen atoms in total. The van der Waals surface area contributed by atoms with Gasteiger partial charge in [-0.3, -0.25) is 0 Å². The normalized spacial score (nSPS) is 11.2. The van der Waals surface area contributed by atoms with Gasteiger partial charge in [0.25, 0.3) is 0 Å². The van der Waals surface area contributed by atoms with E-state index in [0.29, 0.717) is 15.1 Å². The second kappa shape index (κ2) is 4.06. The average molecular weight is 280 g/mol. The van der Waals surface area contributed by atoms with E-state index in [-0.39, 0.29) is 0 Å². The molecule has 0 aromatic heterocycles. The van der Waals surface area contributed by atoms with Gasteiger partial charge in [-0.1, -0.05) is 46.9 Å². The Labute approximate surface area is 114 Å². The van der Waals surface area contributed by atoms with Crippen LogP contribution in [0.4, 0.5) is 0 Å². The van der Waals surface area contributed by atoms with E-state index in [1.807, 2.05) is 18.2 Å². The molecule has 0 heterocycles. The molecule has 0 saturated carbocycles. The van der Waals surface area contributed by atoms with Gasteiger partial charge in [-0.05, 0) is 35.7 Å². The molecule has 0 N–H and O–H groups in total. The van der Waals surface area contributed by atoms with Gasteiger partial charge in [-0.25, -0.2) is 0 Å². The number of fused-ring (bicyclic) bond motifs is 3. The fourth-order valence-corrected chi connectivity index (χ4v) is 2.76. The first-order chi connectivity index (χ1) is 8.20. The molecule has 82 valence electrons. The molecule has 0 aliphatic rings. The van der Waals surface area contributed by atoms with Gasteiger partial charge in [0.05, 0.1) is 10.0 Å². The Kier molecular flexibility index (Phi) is 2.67. The van der Waals surface area contributed by atoms with Crippen LogP contribution in [0.25, 0.3) is 21.5 Å². The summed E-state index contributed by atoms with van der Waals surface area (Å²) in [4.78, 5) is 0. The minimum Gasteiger partial charge on any atom is -0.0836 e. The quantitative estimate of drug-likeness (QED) is 0.473. The minimum absolute atomic E-state index is 0.507. The van der Waals surface area contributed by atoms with Gasteiger partial charge in [0, 0.05) is 21.2 Å². The SMILES string of the molecule is Clc1c(Cl)c2c[c]cc(Cl)c2c2cc[c]cc12. The van der Waals surface area contributed by atoms with Crippen LogP contribution in [0.5, 0.6) is 0 Å². The molecular formula is C14H5Cl3. The van der Waals surface area contributed by atoms with Crippen molar-refractivity contribution in [1.29, 1.82) is 0 Å². The van der Waals surface area contributed by atoms with E-state index < -0.39 is 0 Å². The fourth-order valence-electron chi connectivity index (χ4n) is 1.98. The fraction of sp³-hybridized carbons (Fsp3) is 0. The van der Waals surface area contributed by atoms with Crippen LogP contribution >= 0.6 is 34.8 Å². The Bertz CT molecular complexity index is 732. The lowest BCUT2D eigenvalue weighted by Crippen LogP contribution is -1.83. The molecular weight excluding hydrogens is 275 g/mol. The van der Waals surface area contributed by atoms with E-state index in [2.05, 4.69) is 12.1 Å². The highest BCUT2D eigenvalue weighted by Crippen LogP contribution is 2.41. The third-order valence-corrected chi connectivity index (χ3v) is 3.92. The molecule has 3 aromatic rings. The van der Waals surface area contributed by atoms with Crippen LogP contribution in [0.2, 0.25) is 15.1 Å². The first-order valence-corrected chi connectivity index (χ1v) is 6.09. The highest BCUT2D eigenvalue weighted by atomic mass is 35.5. The van der Waals surface area contributed by atoms with Gasteiger partial charge in [0.15, 0.2) is 0 Å². The Morgan fingerprint density at radius 2 is 1.47 bits per heavy atom. The summed E-state index contributed by atoms with van der Waals surface area (Å²) >= 11 is 18.7. The van der Waals surface area contributed by atoms with Crippen LogP contribution in [0.1, 0.15) is 0 Å². The summed E-state index contributed by atoms with van der Waals surface area (Å²) in [6.07, 6.45) is 0. The third kappa shape index (κ3) is 1.60. The summed E-state index contributed by atoms with van der Waals surface area (Å²) in [6, 6.07) is 15.1. The second-order valence-corrected chi connectivity index (χ2v) is 4.85. The van der Waals surface area contributed by atoms with Crippen LogP contribution in [0, 0.1) is 12.1 Å². The second-order valence-electron chi connectivity index (χ2n) is 3.69. The molecule has 3 heteroatoms. The predicted octanol–water partition coefficient (Wildman–Crippen LogP) is 5.55. The first-order valence-electron chi connectivity index (χ1n) is 4.96. The molecule has 17 heavy (non-hydrogen) atoms.